The molecule has 240 valence electrons. The molecular formula is C33H36O10SSe. The zero-order chi connectivity index (χ0) is 32.7. The molecule has 0 saturated heterocycles. The molecule has 12 heteroatoms. The van der Waals surface area contributed by atoms with Crippen LogP contribution in [0.5, 0.6) is 23.0 Å². The first-order valence-corrected chi connectivity index (χ1v) is 17.1. The van der Waals surface area contributed by atoms with Gasteiger partial charge in [-0.05, 0) is 12.5 Å². The summed E-state index contributed by atoms with van der Waals surface area (Å²) >= 11 is 1.06. The quantitative estimate of drug-likeness (QED) is 0.0684. The summed E-state index contributed by atoms with van der Waals surface area (Å²) in [5.74, 6) is -1.53. The van der Waals surface area contributed by atoms with Gasteiger partial charge < -0.3 is 5.11 Å². The molecule has 4 rings (SSSR count). The fourth-order valence-electron chi connectivity index (χ4n) is 4.80. The zero-order valence-electron chi connectivity index (χ0n) is 25.5. The monoisotopic (exact) mass is 704 g/mol. The van der Waals surface area contributed by atoms with E-state index in [-0.39, 0.29) is 38.9 Å². The van der Waals surface area contributed by atoms with Gasteiger partial charge in [-0.3, -0.25) is 9.59 Å². The Hall–Kier alpha value is -3.86. The molecular weight excluding hydrogens is 667 g/mol. The summed E-state index contributed by atoms with van der Waals surface area (Å²) in [6, 6.07) is 10.9. The van der Waals surface area contributed by atoms with Crippen molar-refractivity contribution in [3.8, 4) is 23.0 Å². The van der Waals surface area contributed by atoms with Crippen LogP contribution < -0.4 is 18.9 Å². The number of carboxylic acids is 2. The molecule has 2 atom stereocenters. The minimum absolute atomic E-state index is 0.0104. The Balaban J connectivity index is 1.38. The number of ketones is 2. The standard InChI is InChI=1S/C33H36O10SSe/c1-5-18(32(36)37)10-22(34)29-14-20-12-26(24(40-3)16-28(20)44-29)42-8-7-9-43-27-13-21-15-31(45-30(21)17-25(27)41-4)23(35)11-19(6-2)33(38)39/h12-19H,5-11H2,1-4H3,(H,36,37)(H,38,39). The van der Waals surface area contributed by atoms with Gasteiger partial charge in [0.05, 0.1) is 17.9 Å². The molecule has 0 amide bonds. The van der Waals surface area contributed by atoms with Crippen LogP contribution in [0.25, 0.3) is 19.7 Å². The van der Waals surface area contributed by atoms with Crippen molar-refractivity contribution in [2.75, 3.05) is 27.4 Å². The van der Waals surface area contributed by atoms with Crippen molar-refractivity contribution in [1.29, 1.82) is 0 Å². The molecule has 2 aromatic carbocycles. The summed E-state index contributed by atoms with van der Waals surface area (Å²) in [4.78, 5) is 48.8. The van der Waals surface area contributed by atoms with E-state index >= 15 is 0 Å². The second kappa shape index (κ2) is 15.4. The first-order valence-electron chi connectivity index (χ1n) is 14.6. The Bertz CT molecular complexity index is 1580. The van der Waals surface area contributed by atoms with E-state index in [9.17, 15) is 29.4 Å². The average molecular weight is 704 g/mol. The van der Waals surface area contributed by atoms with E-state index in [0.717, 1.165) is 19.7 Å². The third-order valence-corrected chi connectivity index (χ3v) is 11.0. The molecule has 10 nitrogen and oxygen atoms in total. The van der Waals surface area contributed by atoms with Gasteiger partial charge in [-0.15, -0.1) is 11.3 Å². The fraction of sp³-hybridized carbons (Fsp3) is 0.394. The summed E-state index contributed by atoms with van der Waals surface area (Å²) < 4.78 is 25.5. The van der Waals surface area contributed by atoms with E-state index in [4.69, 9.17) is 18.9 Å². The van der Waals surface area contributed by atoms with Crippen LogP contribution in [0.3, 0.4) is 0 Å². The Labute approximate surface area is 270 Å². The van der Waals surface area contributed by atoms with Crippen molar-refractivity contribution in [1.82, 2.24) is 0 Å². The Morgan fingerprint density at radius 1 is 0.733 bits per heavy atom. The number of Topliss-reactive ketones (excluding diaryl/α,β-unsaturated/α-hetero) is 2. The Morgan fingerprint density at radius 2 is 1.29 bits per heavy atom. The molecule has 4 aromatic rings. The van der Waals surface area contributed by atoms with Gasteiger partial charge in [-0.1, -0.05) is 6.92 Å². The number of carbonyl (C=O) groups excluding carboxylic acids is 2. The van der Waals surface area contributed by atoms with Gasteiger partial charge in [0.2, 0.25) is 0 Å². The molecule has 0 radical (unpaired) electrons. The molecule has 2 N–H and O–H groups in total. The van der Waals surface area contributed by atoms with E-state index < -0.39 is 23.8 Å². The maximum absolute atomic E-state index is 12.8. The van der Waals surface area contributed by atoms with Gasteiger partial charge in [0.1, 0.15) is 0 Å². The summed E-state index contributed by atoms with van der Waals surface area (Å²) in [5.41, 5.74) is 0. The molecule has 45 heavy (non-hydrogen) atoms. The van der Waals surface area contributed by atoms with Crippen LogP contribution in [0.4, 0.5) is 0 Å². The Morgan fingerprint density at radius 3 is 1.84 bits per heavy atom. The first kappa shape index (κ1) is 34.0. The van der Waals surface area contributed by atoms with Crippen molar-refractivity contribution >= 4 is 69.1 Å². The second-order valence-electron chi connectivity index (χ2n) is 10.5. The third-order valence-electron chi connectivity index (χ3n) is 7.51. The minimum Gasteiger partial charge on any atom is -0.481 e. The van der Waals surface area contributed by atoms with Gasteiger partial charge >= 0.3 is 191 Å². The van der Waals surface area contributed by atoms with Gasteiger partial charge in [0.25, 0.3) is 0 Å². The summed E-state index contributed by atoms with van der Waals surface area (Å²) in [5, 5.41) is 20.3. The number of rotatable bonds is 18. The van der Waals surface area contributed by atoms with Gasteiger partial charge in [0, 0.05) is 11.1 Å². The number of ether oxygens (including phenoxy) is 4. The minimum atomic E-state index is -0.971. The number of aliphatic carboxylic acids is 2. The number of carboxylic acid groups (broad SMARTS) is 2. The number of hydrogen-bond donors (Lipinski definition) is 2. The van der Waals surface area contributed by atoms with Crippen LogP contribution in [-0.4, -0.2) is 75.7 Å². The summed E-state index contributed by atoms with van der Waals surface area (Å²) in [6.07, 6.45) is 1.27. The molecule has 2 unspecified atom stereocenters. The topological polar surface area (TPSA) is 146 Å². The molecule has 0 fully saturated rings. The van der Waals surface area contributed by atoms with Gasteiger partial charge in [-0.25, -0.2) is 0 Å². The van der Waals surface area contributed by atoms with E-state index in [0.29, 0.717) is 64.8 Å². The molecule has 0 aliphatic carbocycles. The number of benzene rings is 2. The second-order valence-corrected chi connectivity index (χ2v) is 13.9. The van der Waals surface area contributed by atoms with Gasteiger partial charge in [-0.2, -0.15) is 0 Å². The fourth-order valence-corrected chi connectivity index (χ4v) is 7.96. The van der Waals surface area contributed by atoms with E-state index in [1.165, 1.54) is 11.3 Å². The molecule has 0 aliphatic rings. The summed E-state index contributed by atoms with van der Waals surface area (Å²) in [6.45, 7) is 4.18. The van der Waals surface area contributed by atoms with Crippen molar-refractivity contribution in [2.45, 2.75) is 46.0 Å². The van der Waals surface area contributed by atoms with Crippen LogP contribution in [0.1, 0.15) is 64.9 Å². The molecule has 0 spiro atoms. The number of hydrogen-bond acceptors (Lipinski definition) is 9. The molecule has 0 saturated carbocycles. The van der Waals surface area contributed by atoms with Crippen LogP contribution in [-0.2, 0) is 9.59 Å². The maximum atomic E-state index is 12.8. The van der Waals surface area contributed by atoms with Crippen molar-refractivity contribution < 1.29 is 48.3 Å². The zero-order valence-corrected chi connectivity index (χ0v) is 28.1. The number of methoxy groups -OCH3 is 2. The molecule has 2 aromatic heterocycles. The van der Waals surface area contributed by atoms with Crippen LogP contribution >= 0.6 is 11.3 Å². The van der Waals surface area contributed by atoms with Crippen molar-refractivity contribution in [3.05, 3.63) is 45.7 Å². The van der Waals surface area contributed by atoms with Crippen LogP contribution in [0.15, 0.2) is 36.4 Å². The average Bonchev–Trinajstić information content (AvgIpc) is 3.64. The third kappa shape index (κ3) is 8.25. The first-order chi connectivity index (χ1) is 21.6. The van der Waals surface area contributed by atoms with E-state index in [1.54, 1.807) is 34.1 Å². The van der Waals surface area contributed by atoms with Gasteiger partial charge in [0.15, 0.2) is 5.78 Å². The van der Waals surface area contributed by atoms with Crippen LogP contribution in [0.2, 0.25) is 0 Å². The molecule has 2 heterocycles. The normalized spacial score (nSPS) is 12.5. The predicted molar refractivity (Wildman–Crippen MR) is 172 cm³/mol. The number of thiophene rings is 1. The smallest absolute Gasteiger partial charge is 0.481 e. The van der Waals surface area contributed by atoms with Crippen molar-refractivity contribution in [2.24, 2.45) is 11.8 Å². The summed E-state index contributed by atoms with van der Waals surface area (Å²) in [7, 11) is 3.09. The predicted octanol–water partition coefficient (Wildman–Crippen LogP) is 6.34. The van der Waals surface area contributed by atoms with E-state index in [2.05, 4.69) is 0 Å². The SMILES string of the molecule is CCC(CC(=O)c1cc2cc(OCCCOc3cc4cc(C(=O)CC(CC)C(=O)O)[se]c4cc3OC)c(OC)cc2s1)C(=O)O. The number of fused-ring (bicyclic) bond motifs is 2. The van der Waals surface area contributed by atoms with Crippen LogP contribution in [0, 0.1) is 11.8 Å². The Kier molecular flexibility index (Phi) is 11.7. The van der Waals surface area contributed by atoms with Crippen molar-refractivity contribution in [3.63, 3.8) is 0 Å². The van der Waals surface area contributed by atoms with E-state index in [1.807, 2.05) is 30.3 Å². The molecule has 0 aliphatic heterocycles. The number of carbonyl (C=O) groups is 4. The molecule has 0 bridgehead atoms.